The molecule has 0 radical (unpaired) electrons. The molecule has 0 aromatic heterocycles. The molecular weight excluding hydrogens is 190 g/mol. The summed E-state index contributed by atoms with van der Waals surface area (Å²) in [5.74, 6) is 1.56. The van der Waals surface area contributed by atoms with Crippen molar-refractivity contribution in [1.29, 1.82) is 0 Å². The van der Waals surface area contributed by atoms with Crippen LogP contribution < -0.4 is 5.73 Å². The number of benzene rings is 1. The first-order chi connectivity index (χ1) is 6.59. The summed E-state index contributed by atoms with van der Waals surface area (Å²) in [5, 5.41) is 0. The van der Waals surface area contributed by atoms with Crippen molar-refractivity contribution >= 4 is 11.8 Å². The number of hydrogen-bond acceptors (Lipinski definition) is 2. The minimum Gasteiger partial charge on any atom is -0.327 e. The number of rotatable bonds is 4. The Kier molecular flexibility index (Phi) is 4.49. The third-order valence-corrected chi connectivity index (χ3v) is 3.48. The normalized spacial score (nSPS) is 13.2. The highest BCUT2D eigenvalue weighted by Crippen LogP contribution is 2.20. The predicted octanol–water partition coefficient (Wildman–Crippen LogP) is 3.07. The first-order valence-corrected chi connectivity index (χ1v) is 6.03. The quantitative estimate of drug-likeness (QED) is 0.771. The van der Waals surface area contributed by atoms with Gasteiger partial charge in [0.25, 0.3) is 0 Å². The van der Waals surface area contributed by atoms with Crippen LogP contribution in [0.25, 0.3) is 0 Å². The van der Waals surface area contributed by atoms with Gasteiger partial charge in [0, 0.05) is 16.7 Å². The Morgan fingerprint density at radius 3 is 2.29 bits per heavy atom. The van der Waals surface area contributed by atoms with Gasteiger partial charge in [0.15, 0.2) is 0 Å². The van der Waals surface area contributed by atoms with E-state index in [0.29, 0.717) is 12.0 Å². The highest BCUT2D eigenvalue weighted by Gasteiger charge is 2.07. The Bertz CT molecular complexity index is 266. The minimum atomic E-state index is 0.293. The maximum atomic E-state index is 5.97. The van der Waals surface area contributed by atoms with Crippen LogP contribution in [0.4, 0.5) is 0 Å². The molecule has 1 aromatic carbocycles. The van der Waals surface area contributed by atoms with Crippen molar-refractivity contribution < 1.29 is 0 Å². The summed E-state index contributed by atoms with van der Waals surface area (Å²) in [6.45, 7) is 6.44. The predicted molar refractivity (Wildman–Crippen MR) is 64.7 cm³/mol. The minimum absolute atomic E-state index is 0.293. The fourth-order valence-corrected chi connectivity index (χ4v) is 2.12. The van der Waals surface area contributed by atoms with Crippen LogP contribution in [-0.4, -0.2) is 11.8 Å². The first kappa shape index (κ1) is 11.6. The second-order valence-electron chi connectivity index (χ2n) is 4.03. The third-order valence-electron chi connectivity index (χ3n) is 2.32. The van der Waals surface area contributed by atoms with Crippen molar-refractivity contribution in [1.82, 2.24) is 0 Å². The van der Waals surface area contributed by atoms with E-state index < -0.39 is 0 Å². The molecular formula is C12H19NS. The number of thioether (sulfide) groups is 1. The molecule has 0 aliphatic carbocycles. The van der Waals surface area contributed by atoms with Crippen LogP contribution in [0.1, 0.15) is 19.4 Å². The summed E-state index contributed by atoms with van der Waals surface area (Å²) in [6, 6.07) is 8.90. The average molecular weight is 209 g/mol. The Hall–Kier alpha value is -0.470. The van der Waals surface area contributed by atoms with E-state index in [-0.39, 0.29) is 0 Å². The highest BCUT2D eigenvalue weighted by atomic mass is 32.2. The molecule has 0 amide bonds. The van der Waals surface area contributed by atoms with E-state index in [1.165, 1.54) is 10.5 Å². The maximum Gasteiger partial charge on any atom is 0.0157 e. The summed E-state index contributed by atoms with van der Waals surface area (Å²) >= 11 is 1.84. The van der Waals surface area contributed by atoms with E-state index in [4.69, 9.17) is 5.73 Å². The molecule has 2 N–H and O–H groups in total. The monoisotopic (exact) mass is 209 g/mol. The molecule has 0 bridgehead atoms. The van der Waals surface area contributed by atoms with Crippen molar-refractivity contribution in [3.63, 3.8) is 0 Å². The summed E-state index contributed by atoms with van der Waals surface area (Å²) < 4.78 is 0. The van der Waals surface area contributed by atoms with Gasteiger partial charge in [-0.25, -0.2) is 0 Å². The van der Waals surface area contributed by atoms with Gasteiger partial charge in [-0.3, -0.25) is 0 Å². The molecule has 14 heavy (non-hydrogen) atoms. The van der Waals surface area contributed by atoms with Gasteiger partial charge in [-0.05, 0) is 25.0 Å². The van der Waals surface area contributed by atoms with E-state index in [2.05, 4.69) is 45.0 Å². The summed E-state index contributed by atoms with van der Waals surface area (Å²) in [6.07, 6.45) is 0. The average Bonchev–Trinajstić information content (AvgIpc) is 2.16. The molecule has 0 aliphatic heterocycles. The van der Waals surface area contributed by atoms with Crippen molar-refractivity contribution in [2.45, 2.75) is 31.7 Å². The van der Waals surface area contributed by atoms with Crippen LogP contribution in [0.15, 0.2) is 29.2 Å². The maximum absolute atomic E-state index is 5.97. The van der Waals surface area contributed by atoms with Crippen molar-refractivity contribution in [3.05, 3.63) is 29.8 Å². The molecule has 0 saturated heterocycles. The lowest BCUT2D eigenvalue weighted by molar-refractivity contribution is 0.535. The molecule has 1 unspecified atom stereocenters. The standard InChI is InChI=1S/C12H19NS/c1-9(2)12(13)8-14-11-6-4-10(3)5-7-11/h4-7,9,12H,8,13H2,1-3H3. The van der Waals surface area contributed by atoms with Gasteiger partial charge in [-0.2, -0.15) is 0 Å². The molecule has 0 heterocycles. The molecule has 1 rings (SSSR count). The first-order valence-electron chi connectivity index (χ1n) is 5.04. The fraction of sp³-hybridized carbons (Fsp3) is 0.500. The van der Waals surface area contributed by atoms with Gasteiger partial charge in [-0.15, -0.1) is 11.8 Å². The summed E-state index contributed by atoms with van der Waals surface area (Å²) in [7, 11) is 0. The Morgan fingerprint density at radius 1 is 1.21 bits per heavy atom. The molecule has 2 heteroatoms. The zero-order valence-electron chi connectivity index (χ0n) is 9.16. The largest absolute Gasteiger partial charge is 0.327 e. The Balaban J connectivity index is 2.42. The smallest absolute Gasteiger partial charge is 0.0157 e. The molecule has 0 fully saturated rings. The summed E-state index contributed by atoms with van der Waals surface area (Å²) in [4.78, 5) is 1.31. The van der Waals surface area contributed by atoms with Crippen molar-refractivity contribution in [3.8, 4) is 0 Å². The number of aryl methyl sites for hydroxylation is 1. The second kappa shape index (κ2) is 5.42. The zero-order chi connectivity index (χ0) is 10.6. The Morgan fingerprint density at radius 2 is 1.79 bits per heavy atom. The van der Waals surface area contributed by atoms with E-state index in [0.717, 1.165) is 5.75 Å². The molecule has 1 atom stereocenters. The molecule has 1 aromatic rings. The van der Waals surface area contributed by atoms with Crippen LogP contribution >= 0.6 is 11.8 Å². The third kappa shape index (κ3) is 3.72. The van der Waals surface area contributed by atoms with Crippen LogP contribution in [-0.2, 0) is 0 Å². The van der Waals surface area contributed by atoms with E-state index >= 15 is 0 Å². The fourth-order valence-electron chi connectivity index (χ4n) is 1.02. The molecule has 0 saturated carbocycles. The molecule has 0 spiro atoms. The van der Waals surface area contributed by atoms with E-state index in [9.17, 15) is 0 Å². The van der Waals surface area contributed by atoms with Crippen LogP contribution in [0.5, 0.6) is 0 Å². The van der Waals surface area contributed by atoms with Gasteiger partial charge in [-0.1, -0.05) is 31.5 Å². The number of nitrogens with two attached hydrogens (primary N) is 1. The second-order valence-corrected chi connectivity index (χ2v) is 5.13. The SMILES string of the molecule is Cc1ccc(SCC(N)C(C)C)cc1. The Labute approximate surface area is 91.1 Å². The van der Waals surface area contributed by atoms with E-state index in [1.807, 2.05) is 11.8 Å². The van der Waals surface area contributed by atoms with Gasteiger partial charge in [0.05, 0.1) is 0 Å². The van der Waals surface area contributed by atoms with Crippen LogP contribution in [0, 0.1) is 12.8 Å². The molecule has 1 nitrogen and oxygen atoms in total. The molecule has 0 aliphatic rings. The number of hydrogen-bond donors (Lipinski definition) is 1. The van der Waals surface area contributed by atoms with Gasteiger partial charge >= 0.3 is 0 Å². The topological polar surface area (TPSA) is 26.0 Å². The van der Waals surface area contributed by atoms with Crippen molar-refractivity contribution in [2.24, 2.45) is 11.7 Å². The van der Waals surface area contributed by atoms with Crippen LogP contribution in [0.3, 0.4) is 0 Å². The lowest BCUT2D eigenvalue weighted by Gasteiger charge is -2.14. The lowest BCUT2D eigenvalue weighted by Crippen LogP contribution is -2.28. The van der Waals surface area contributed by atoms with E-state index in [1.54, 1.807) is 0 Å². The van der Waals surface area contributed by atoms with Crippen molar-refractivity contribution in [2.75, 3.05) is 5.75 Å². The summed E-state index contributed by atoms with van der Waals surface area (Å²) in [5.41, 5.74) is 7.28. The van der Waals surface area contributed by atoms with Gasteiger partial charge < -0.3 is 5.73 Å². The van der Waals surface area contributed by atoms with Gasteiger partial charge in [0.1, 0.15) is 0 Å². The zero-order valence-corrected chi connectivity index (χ0v) is 9.97. The molecule has 78 valence electrons. The highest BCUT2D eigenvalue weighted by molar-refractivity contribution is 7.99. The lowest BCUT2D eigenvalue weighted by atomic mass is 10.1. The van der Waals surface area contributed by atoms with Crippen LogP contribution in [0.2, 0.25) is 0 Å². The van der Waals surface area contributed by atoms with Gasteiger partial charge in [0.2, 0.25) is 0 Å².